The molecule has 3 aromatic rings. The van der Waals surface area contributed by atoms with Crippen LogP contribution in [0.1, 0.15) is 16.1 Å². The van der Waals surface area contributed by atoms with Crippen molar-refractivity contribution in [3.8, 4) is 22.1 Å². The van der Waals surface area contributed by atoms with Gasteiger partial charge in [0.15, 0.2) is 11.5 Å². The molecule has 7 nitrogen and oxygen atoms in total. The second kappa shape index (κ2) is 8.71. The fourth-order valence-corrected chi connectivity index (χ4v) is 4.34. The van der Waals surface area contributed by atoms with Gasteiger partial charge in [-0.3, -0.25) is 4.79 Å². The van der Waals surface area contributed by atoms with Gasteiger partial charge in [0.1, 0.15) is 10.8 Å². The third-order valence-corrected chi connectivity index (χ3v) is 6.15. The van der Waals surface area contributed by atoms with Crippen molar-refractivity contribution in [2.45, 2.75) is 6.92 Å². The Hall–Kier alpha value is -3.13. The average Bonchev–Trinajstić information content (AvgIpc) is 3.24. The van der Waals surface area contributed by atoms with Crippen molar-refractivity contribution in [1.29, 1.82) is 0 Å². The Morgan fingerprint density at radius 1 is 1.07 bits per heavy atom. The molecule has 0 atom stereocenters. The Balaban J connectivity index is 1.42. The van der Waals surface area contributed by atoms with Crippen molar-refractivity contribution < 1.29 is 14.3 Å². The van der Waals surface area contributed by atoms with E-state index in [9.17, 15) is 4.79 Å². The molecular formula is C22H24N4O3S. The number of methoxy groups -OCH3 is 2. The number of hydrogen-bond donors (Lipinski definition) is 0. The molecule has 3 heterocycles. The number of aromatic nitrogens is 2. The molecule has 4 rings (SSSR count). The monoisotopic (exact) mass is 424 g/mol. The van der Waals surface area contributed by atoms with Crippen LogP contribution in [0, 0.1) is 6.92 Å². The number of carbonyl (C=O) groups is 1. The van der Waals surface area contributed by atoms with Crippen molar-refractivity contribution in [2.75, 3.05) is 45.3 Å². The summed E-state index contributed by atoms with van der Waals surface area (Å²) in [5.74, 6) is 1.90. The number of carbonyl (C=O) groups excluding carboxylic acids is 1. The second-order valence-corrected chi connectivity index (χ2v) is 7.88. The van der Waals surface area contributed by atoms with Gasteiger partial charge in [0.2, 0.25) is 0 Å². The number of nitrogens with zero attached hydrogens (tertiary/aromatic N) is 4. The van der Waals surface area contributed by atoms with Gasteiger partial charge in [-0.15, -0.1) is 11.3 Å². The van der Waals surface area contributed by atoms with Crippen LogP contribution in [0.3, 0.4) is 0 Å². The first-order valence-electron chi connectivity index (χ1n) is 9.74. The van der Waals surface area contributed by atoms with Crippen LogP contribution in [0.15, 0.2) is 41.9 Å². The summed E-state index contributed by atoms with van der Waals surface area (Å²) in [5, 5.41) is 3.02. The molecule has 156 valence electrons. The number of thiazole rings is 1. The van der Waals surface area contributed by atoms with Crippen LogP contribution in [0.25, 0.3) is 10.6 Å². The lowest BCUT2D eigenvalue weighted by Crippen LogP contribution is -2.49. The number of aryl methyl sites for hydroxylation is 1. The highest BCUT2D eigenvalue weighted by atomic mass is 32.1. The quantitative estimate of drug-likeness (QED) is 0.625. The molecule has 30 heavy (non-hydrogen) atoms. The van der Waals surface area contributed by atoms with Crippen LogP contribution in [0.4, 0.5) is 5.82 Å². The minimum Gasteiger partial charge on any atom is -0.493 e. The van der Waals surface area contributed by atoms with Crippen molar-refractivity contribution in [3.05, 3.63) is 53.2 Å². The lowest BCUT2D eigenvalue weighted by Gasteiger charge is -2.35. The fourth-order valence-electron chi connectivity index (χ4n) is 3.55. The summed E-state index contributed by atoms with van der Waals surface area (Å²) in [6.45, 7) is 4.67. The highest BCUT2D eigenvalue weighted by Crippen LogP contribution is 2.32. The number of pyridine rings is 1. The average molecular weight is 425 g/mol. The molecule has 0 bridgehead atoms. The van der Waals surface area contributed by atoms with E-state index in [2.05, 4.69) is 20.9 Å². The predicted molar refractivity (Wildman–Crippen MR) is 118 cm³/mol. The summed E-state index contributed by atoms with van der Waals surface area (Å²) in [7, 11) is 3.12. The van der Waals surface area contributed by atoms with E-state index in [0.717, 1.165) is 35.2 Å². The highest BCUT2D eigenvalue weighted by Gasteiger charge is 2.26. The third kappa shape index (κ3) is 3.95. The molecule has 0 unspecified atom stereocenters. The third-order valence-electron chi connectivity index (χ3n) is 5.14. The molecule has 1 aliphatic rings. The Morgan fingerprint density at radius 3 is 2.47 bits per heavy atom. The van der Waals surface area contributed by atoms with Crippen molar-refractivity contribution in [2.24, 2.45) is 0 Å². The first kappa shape index (κ1) is 20.2. The number of ether oxygens (including phenoxy) is 2. The molecule has 0 N–H and O–H groups in total. The van der Waals surface area contributed by atoms with E-state index in [1.54, 1.807) is 43.8 Å². The van der Waals surface area contributed by atoms with Crippen LogP contribution in [0.2, 0.25) is 0 Å². The molecule has 1 aliphatic heterocycles. The van der Waals surface area contributed by atoms with Gasteiger partial charge in [-0.2, -0.15) is 0 Å². The highest BCUT2D eigenvalue weighted by molar-refractivity contribution is 7.13. The zero-order valence-corrected chi connectivity index (χ0v) is 18.1. The fraction of sp³-hybridized carbons (Fsp3) is 0.318. The van der Waals surface area contributed by atoms with E-state index in [4.69, 9.17) is 9.47 Å². The summed E-state index contributed by atoms with van der Waals surface area (Å²) < 4.78 is 10.7. The van der Waals surface area contributed by atoms with E-state index in [0.29, 0.717) is 30.2 Å². The minimum absolute atomic E-state index is 0.0483. The minimum atomic E-state index is -0.0483. The number of hydrogen-bond acceptors (Lipinski definition) is 7. The molecule has 1 fully saturated rings. The molecule has 0 radical (unpaired) electrons. The van der Waals surface area contributed by atoms with Crippen LogP contribution in [0.5, 0.6) is 11.5 Å². The Morgan fingerprint density at radius 2 is 1.87 bits per heavy atom. The molecule has 1 saturated heterocycles. The van der Waals surface area contributed by atoms with E-state index in [-0.39, 0.29) is 5.91 Å². The Kier molecular flexibility index (Phi) is 5.85. The molecule has 1 amide bonds. The molecule has 0 spiro atoms. The molecule has 1 aromatic carbocycles. The smallest absolute Gasteiger partial charge is 0.257 e. The van der Waals surface area contributed by atoms with Crippen molar-refractivity contribution in [1.82, 2.24) is 14.9 Å². The zero-order chi connectivity index (χ0) is 21.1. The van der Waals surface area contributed by atoms with Gasteiger partial charge < -0.3 is 19.3 Å². The number of anilines is 1. The maximum atomic E-state index is 13.0. The SMILES string of the molecule is COc1cccc(C(=O)N2CCN(c3ccc(-c4nc(C)cs4)cn3)CC2)c1OC. The zero-order valence-electron chi connectivity index (χ0n) is 17.3. The number of benzene rings is 1. The predicted octanol–water partition coefficient (Wildman–Crippen LogP) is 3.49. The van der Waals surface area contributed by atoms with Crippen LogP contribution in [-0.4, -0.2) is 61.2 Å². The van der Waals surface area contributed by atoms with Crippen LogP contribution in [-0.2, 0) is 0 Å². The van der Waals surface area contributed by atoms with Crippen LogP contribution < -0.4 is 14.4 Å². The Labute approximate surface area is 179 Å². The van der Waals surface area contributed by atoms with Gasteiger partial charge in [-0.05, 0) is 31.2 Å². The maximum Gasteiger partial charge on any atom is 0.257 e. The summed E-state index contributed by atoms with van der Waals surface area (Å²) in [4.78, 5) is 26.2. The summed E-state index contributed by atoms with van der Waals surface area (Å²) in [5.41, 5.74) is 2.56. The molecule has 2 aromatic heterocycles. The maximum absolute atomic E-state index is 13.0. The topological polar surface area (TPSA) is 67.8 Å². The van der Waals surface area contributed by atoms with Gasteiger partial charge >= 0.3 is 0 Å². The standard InChI is InChI=1S/C22H24N4O3S/c1-15-14-30-21(24-15)16-7-8-19(23-13-16)25-9-11-26(12-10-25)22(27)17-5-4-6-18(28-2)20(17)29-3/h4-8,13-14H,9-12H2,1-3H3. The summed E-state index contributed by atoms with van der Waals surface area (Å²) in [6.07, 6.45) is 1.87. The number of amides is 1. The van der Waals surface area contributed by atoms with Gasteiger partial charge in [-0.1, -0.05) is 6.07 Å². The number of rotatable bonds is 5. The van der Waals surface area contributed by atoms with E-state index in [1.807, 2.05) is 29.5 Å². The van der Waals surface area contributed by atoms with Gasteiger partial charge in [-0.25, -0.2) is 9.97 Å². The largest absolute Gasteiger partial charge is 0.493 e. The first-order valence-corrected chi connectivity index (χ1v) is 10.6. The lowest BCUT2D eigenvalue weighted by molar-refractivity contribution is 0.0742. The summed E-state index contributed by atoms with van der Waals surface area (Å²) in [6, 6.07) is 9.45. The molecule has 0 saturated carbocycles. The van der Waals surface area contributed by atoms with Crippen molar-refractivity contribution in [3.63, 3.8) is 0 Å². The van der Waals surface area contributed by atoms with Gasteiger partial charge in [0.25, 0.3) is 5.91 Å². The number of piperazine rings is 1. The Bertz CT molecular complexity index is 1030. The molecule has 0 aliphatic carbocycles. The van der Waals surface area contributed by atoms with Gasteiger partial charge in [0.05, 0.1) is 19.8 Å². The van der Waals surface area contributed by atoms with E-state index >= 15 is 0 Å². The number of para-hydroxylation sites is 1. The van der Waals surface area contributed by atoms with Crippen LogP contribution >= 0.6 is 11.3 Å². The molecular weight excluding hydrogens is 400 g/mol. The van der Waals surface area contributed by atoms with Gasteiger partial charge in [0, 0.05) is 49.0 Å². The lowest BCUT2D eigenvalue weighted by atomic mass is 10.1. The van der Waals surface area contributed by atoms with E-state index in [1.165, 1.54) is 0 Å². The normalized spacial score (nSPS) is 14.0. The van der Waals surface area contributed by atoms with E-state index < -0.39 is 0 Å². The molecule has 8 heteroatoms. The summed E-state index contributed by atoms with van der Waals surface area (Å²) >= 11 is 1.62. The van der Waals surface area contributed by atoms with Crippen molar-refractivity contribution >= 4 is 23.1 Å². The first-order chi connectivity index (χ1) is 14.6. The second-order valence-electron chi connectivity index (χ2n) is 7.02.